The molecule has 1 aromatic rings. The highest BCUT2D eigenvalue weighted by molar-refractivity contribution is 9.10. The maximum absolute atomic E-state index is 6.42. The lowest BCUT2D eigenvalue weighted by atomic mass is 9.80. The predicted molar refractivity (Wildman–Crippen MR) is 87.9 cm³/mol. The minimum absolute atomic E-state index is 0.126. The first-order valence-electron chi connectivity index (χ1n) is 7.66. The number of benzene rings is 1. The molecule has 1 saturated carbocycles. The Bertz CT molecular complexity index is 423. The summed E-state index contributed by atoms with van der Waals surface area (Å²) >= 11 is 3.65. The smallest absolute Gasteiger partial charge is 0.0963 e. The average Bonchev–Trinajstić information content (AvgIpc) is 2.43. The number of nitrogens with one attached hydrogen (secondary N) is 1. The van der Waals surface area contributed by atoms with Gasteiger partial charge in [0.2, 0.25) is 0 Å². The van der Waals surface area contributed by atoms with Gasteiger partial charge in [-0.2, -0.15) is 0 Å². The number of hydrogen-bond donors (Lipinski definition) is 1. The van der Waals surface area contributed by atoms with Gasteiger partial charge >= 0.3 is 0 Å². The highest BCUT2D eigenvalue weighted by atomic mass is 79.9. The molecule has 1 aliphatic rings. The number of likely N-dealkylation sites (N-methyl/N-ethyl adjacent to an activating group) is 1. The molecule has 0 aliphatic heterocycles. The molecule has 2 nitrogen and oxygen atoms in total. The van der Waals surface area contributed by atoms with E-state index < -0.39 is 0 Å². The van der Waals surface area contributed by atoms with Crippen LogP contribution in [-0.2, 0) is 4.74 Å². The van der Waals surface area contributed by atoms with Crippen LogP contribution in [0.1, 0.15) is 44.8 Å². The summed E-state index contributed by atoms with van der Waals surface area (Å²) in [5.41, 5.74) is 1.24. The summed E-state index contributed by atoms with van der Waals surface area (Å²) in [5, 5.41) is 3.26. The molecular weight excluding hydrogens is 314 g/mol. The standard InChI is InChI=1S/C17H26BrNO/c1-12-8-9-14(10-13(12)2)20-17(11-19-3)15-6-4-5-7-16(15)18/h4-7,12-14,17,19H,8-11H2,1-3H3. The Balaban J connectivity index is 2.05. The SMILES string of the molecule is CNCC(OC1CCC(C)C(C)C1)c1ccccc1Br. The second-order valence-electron chi connectivity index (χ2n) is 6.09. The van der Waals surface area contributed by atoms with Crippen LogP contribution >= 0.6 is 15.9 Å². The molecule has 0 radical (unpaired) electrons. The van der Waals surface area contributed by atoms with Crippen molar-refractivity contribution in [2.45, 2.75) is 45.3 Å². The summed E-state index contributed by atoms with van der Waals surface area (Å²) in [5.74, 6) is 1.60. The third-order valence-electron chi connectivity index (χ3n) is 4.55. The Morgan fingerprint density at radius 1 is 1.25 bits per heavy atom. The van der Waals surface area contributed by atoms with Gasteiger partial charge in [-0.3, -0.25) is 0 Å². The first-order valence-corrected chi connectivity index (χ1v) is 8.45. The molecule has 2 rings (SSSR count). The summed E-state index contributed by atoms with van der Waals surface area (Å²) in [7, 11) is 1.98. The van der Waals surface area contributed by atoms with Gasteiger partial charge in [-0.15, -0.1) is 0 Å². The van der Waals surface area contributed by atoms with E-state index in [0.29, 0.717) is 6.10 Å². The fraction of sp³-hybridized carbons (Fsp3) is 0.647. The van der Waals surface area contributed by atoms with E-state index >= 15 is 0 Å². The van der Waals surface area contributed by atoms with E-state index in [4.69, 9.17) is 4.74 Å². The second kappa shape index (κ2) is 7.58. The van der Waals surface area contributed by atoms with Crippen molar-refractivity contribution in [3.63, 3.8) is 0 Å². The van der Waals surface area contributed by atoms with Crippen LogP contribution in [0.5, 0.6) is 0 Å². The molecule has 3 heteroatoms. The lowest BCUT2D eigenvalue weighted by Gasteiger charge is -2.34. The van der Waals surface area contributed by atoms with Gasteiger partial charge in [0.25, 0.3) is 0 Å². The van der Waals surface area contributed by atoms with Gasteiger partial charge < -0.3 is 10.1 Å². The quantitative estimate of drug-likeness (QED) is 0.849. The van der Waals surface area contributed by atoms with Crippen molar-refractivity contribution in [1.82, 2.24) is 5.32 Å². The molecule has 0 heterocycles. The second-order valence-corrected chi connectivity index (χ2v) is 6.95. The van der Waals surface area contributed by atoms with Crippen LogP contribution in [0.2, 0.25) is 0 Å². The van der Waals surface area contributed by atoms with Gasteiger partial charge in [-0.05, 0) is 49.8 Å². The topological polar surface area (TPSA) is 21.3 Å². The Labute approximate surface area is 131 Å². The van der Waals surface area contributed by atoms with Gasteiger partial charge in [0.1, 0.15) is 0 Å². The van der Waals surface area contributed by atoms with Gasteiger partial charge in [0, 0.05) is 11.0 Å². The van der Waals surface area contributed by atoms with E-state index in [1.165, 1.54) is 24.8 Å². The van der Waals surface area contributed by atoms with Crippen LogP contribution < -0.4 is 5.32 Å². The van der Waals surface area contributed by atoms with Crippen molar-refractivity contribution in [2.75, 3.05) is 13.6 Å². The molecule has 0 aromatic heterocycles. The summed E-state index contributed by atoms with van der Waals surface area (Å²) in [6.07, 6.45) is 4.18. The Kier molecular flexibility index (Phi) is 6.06. The zero-order chi connectivity index (χ0) is 14.5. The molecular formula is C17H26BrNO. The molecule has 0 saturated heterocycles. The molecule has 0 bridgehead atoms. The minimum Gasteiger partial charge on any atom is -0.369 e. The molecule has 0 spiro atoms. The molecule has 1 fully saturated rings. The van der Waals surface area contributed by atoms with Gasteiger partial charge in [0.05, 0.1) is 12.2 Å². The van der Waals surface area contributed by atoms with Gasteiger partial charge in [0.15, 0.2) is 0 Å². The largest absolute Gasteiger partial charge is 0.369 e. The fourth-order valence-electron chi connectivity index (χ4n) is 3.01. The zero-order valence-corrected chi connectivity index (χ0v) is 14.3. The number of ether oxygens (including phenoxy) is 1. The van der Waals surface area contributed by atoms with Gasteiger partial charge in [-0.1, -0.05) is 48.0 Å². The molecule has 4 atom stereocenters. The molecule has 4 unspecified atom stereocenters. The Morgan fingerprint density at radius 2 is 2.00 bits per heavy atom. The van der Waals surface area contributed by atoms with Crippen LogP contribution in [-0.4, -0.2) is 19.7 Å². The van der Waals surface area contributed by atoms with Crippen molar-refractivity contribution in [2.24, 2.45) is 11.8 Å². The first kappa shape index (κ1) is 16.0. The van der Waals surface area contributed by atoms with Gasteiger partial charge in [-0.25, -0.2) is 0 Å². The number of halogens is 1. The van der Waals surface area contributed by atoms with E-state index in [2.05, 4.69) is 53.3 Å². The fourth-order valence-corrected chi connectivity index (χ4v) is 3.55. The van der Waals surface area contributed by atoms with Crippen LogP contribution in [0.15, 0.2) is 28.7 Å². The summed E-state index contributed by atoms with van der Waals surface area (Å²) in [4.78, 5) is 0. The first-order chi connectivity index (χ1) is 9.61. The average molecular weight is 340 g/mol. The third-order valence-corrected chi connectivity index (χ3v) is 5.27. The lowest BCUT2D eigenvalue weighted by molar-refractivity contribution is -0.0476. The van der Waals surface area contributed by atoms with E-state index in [-0.39, 0.29) is 6.10 Å². The number of rotatable bonds is 5. The Morgan fingerprint density at radius 3 is 2.65 bits per heavy atom. The molecule has 1 N–H and O–H groups in total. The maximum Gasteiger partial charge on any atom is 0.0963 e. The molecule has 20 heavy (non-hydrogen) atoms. The number of hydrogen-bond acceptors (Lipinski definition) is 2. The van der Waals surface area contributed by atoms with Crippen LogP contribution in [0.25, 0.3) is 0 Å². The zero-order valence-electron chi connectivity index (χ0n) is 12.7. The van der Waals surface area contributed by atoms with Crippen LogP contribution in [0.4, 0.5) is 0 Å². The summed E-state index contributed by atoms with van der Waals surface area (Å²) in [6, 6.07) is 8.37. The van der Waals surface area contributed by atoms with E-state index in [1.54, 1.807) is 0 Å². The van der Waals surface area contributed by atoms with Crippen molar-refractivity contribution in [1.29, 1.82) is 0 Å². The summed E-state index contributed by atoms with van der Waals surface area (Å²) < 4.78 is 7.56. The summed E-state index contributed by atoms with van der Waals surface area (Å²) in [6.45, 7) is 5.56. The highest BCUT2D eigenvalue weighted by Gasteiger charge is 2.27. The third kappa shape index (κ3) is 4.06. The predicted octanol–water partition coefficient (Wildman–Crippen LogP) is 4.55. The van der Waals surface area contributed by atoms with E-state index in [9.17, 15) is 0 Å². The van der Waals surface area contributed by atoms with Crippen LogP contribution in [0.3, 0.4) is 0 Å². The normalized spacial score (nSPS) is 28.3. The van der Waals surface area contributed by atoms with Crippen molar-refractivity contribution < 1.29 is 4.74 Å². The monoisotopic (exact) mass is 339 g/mol. The molecule has 0 amide bonds. The maximum atomic E-state index is 6.42. The van der Waals surface area contributed by atoms with Crippen molar-refractivity contribution in [3.8, 4) is 0 Å². The van der Waals surface area contributed by atoms with E-state index in [1.807, 2.05) is 13.1 Å². The van der Waals surface area contributed by atoms with Crippen molar-refractivity contribution in [3.05, 3.63) is 34.3 Å². The minimum atomic E-state index is 0.126. The highest BCUT2D eigenvalue weighted by Crippen LogP contribution is 2.34. The van der Waals surface area contributed by atoms with E-state index in [0.717, 1.165) is 22.9 Å². The van der Waals surface area contributed by atoms with Crippen molar-refractivity contribution >= 4 is 15.9 Å². The Hall–Kier alpha value is -0.380. The molecule has 1 aliphatic carbocycles. The molecule has 112 valence electrons. The lowest BCUT2D eigenvalue weighted by Crippen LogP contribution is -2.30. The molecule has 1 aromatic carbocycles. The van der Waals surface area contributed by atoms with Crippen LogP contribution in [0, 0.1) is 11.8 Å².